The summed E-state index contributed by atoms with van der Waals surface area (Å²) in [5, 5.41) is 24.9. The molecular formula is C18H12Cl2N7O3S+. The van der Waals surface area contributed by atoms with Gasteiger partial charge in [0.1, 0.15) is 34.1 Å². The molecule has 0 bridgehead atoms. The fraction of sp³-hybridized carbons (Fsp3) is 0.111. The highest BCUT2D eigenvalue weighted by Crippen LogP contribution is 2.33. The summed E-state index contributed by atoms with van der Waals surface area (Å²) in [4.78, 5) is 28.6. The first-order chi connectivity index (χ1) is 14.8. The number of nitrogens with two attached hydrogens (primary N) is 1. The van der Waals surface area contributed by atoms with E-state index < -0.39 is 11.5 Å². The summed E-state index contributed by atoms with van der Waals surface area (Å²) < 4.78 is 5.93. The third-order valence-electron chi connectivity index (χ3n) is 4.00. The number of thioether (sulfide) groups is 1. The number of nitrogens with one attached hydrogen (secondary N) is 2. The highest BCUT2D eigenvalue weighted by atomic mass is 35.5. The van der Waals surface area contributed by atoms with Crippen LogP contribution in [0.4, 0.5) is 11.5 Å². The van der Waals surface area contributed by atoms with Crippen molar-refractivity contribution in [3.8, 4) is 23.4 Å². The van der Waals surface area contributed by atoms with Gasteiger partial charge >= 0.3 is 11.3 Å². The van der Waals surface area contributed by atoms with E-state index in [9.17, 15) is 20.1 Å². The SMILES string of the molecule is C[n+]1[nH]oc(=O)c1-c1c(C#N)c(N)nc(SCC(=O)Nc2ccc(Cl)cc2Cl)c1C#N. The summed E-state index contributed by atoms with van der Waals surface area (Å²) in [6, 6.07) is 8.39. The lowest BCUT2D eigenvalue weighted by molar-refractivity contribution is -0.730. The Labute approximate surface area is 189 Å². The van der Waals surface area contributed by atoms with Gasteiger partial charge in [-0.25, -0.2) is 9.78 Å². The molecule has 0 unspecified atom stereocenters. The van der Waals surface area contributed by atoms with Crippen molar-refractivity contribution >= 4 is 52.4 Å². The molecular weight excluding hydrogens is 465 g/mol. The van der Waals surface area contributed by atoms with E-state index in [1.807, 2.05) is 12.1 Å². The van der Waals surface area contributed by atoms with Gasteiger partial charge in [-0.3, -0.25) is 9.32 Å². The molecule has 4 N–H and O–H groups in total. The van der Waals surface area contributed by atoms with Crippen molar-refractivity contribution in [2.24, 2.45) is 7.05 Å². The number of carbonyl (C=O) groups excluding carboxylic acids is 1. The summed E-state index contributed by atoms with van der Waals surface area (Å²) in [5.41, 5.74) is 5.10. The molecule has 1 aromatic carbocycles. The molecule has 2 heterocycles. The second-order valence-electron chi connectivity index (χ2n) is 6.00. The van der Waals surface area contributed by atoms with Crippen LogP contribution in [0.5, 0.6) is 0 Å². The molecule has 156 valence electrons. The molecule has 0 aliphatic carbocycles. The summed E-state index contributed by atoms with van der Waals surface area (Å²) in [7, 11) is 1.47. The Morgan fingerprint density at radius 3 is 2.65 bits per heavy atom. The number of nitrogens with zero attached hydrogens (tertiary/aromatic N) is 4. The van der Waals surface area contributed by atoms with Crippen molar-refractivity contribution in [1.29, 1.82) is 10.5 Å². The molecule has 0 saturated heterocycles. The molecule has 0 saturated carbocycles. The summed E-state index contributed by atoms with van der Waals surface area (Å²) >= 11 is 12.8. The smallest absolute Gasteiger partial charge is 0.383 e. The van der Waals surface area contributed by atoms with E-state index in [0.29, 0.717) is 10.7 Å². The molecule has 0 aliphatic rings. The zero-order chi connectivity index (χ0) is 22.7. The number of anilines is 2. The number of pyridine rings is 1. The second kappa shape index (κ2) is 9.10. The fourth-order valence-electron chi connectivity index (χ4n) is 2.66. The van der Waals surface area contributed by atoms with E-state index in [0.717, 1.165) is 11.8 Å². The van der Waals surface area contributed by atoms with Gasteiger partial charge in [0, 0.05) is 5.02 Å². The number of halogens is 2. The molecule has 0 spiro atoms. The van der Waals surface area contributed by atoms with Crippen LogP contribution < -0.4 is 21.4 Å². The molecule has 3 aromatic rings. The summed E-state index contributed by atoms with van der Waals surface area (Å²) in [6.45, 7) is 0. The van der Waals surface area contributed by atoms with E-state index >= 15 is 0 Å². The van der Waals surface area contributed by atoms with E-state index in [1.165, 1.54) is 17.8 Å². The van der Waals surface area contributed by atoms with Crippen molar-refractivity contribution < 1.29 is 14.0 Å². The van der Waals surface area contributed by atoms with Crippen LogP contribution >= 0.6 is 35.0 Å². The topological polar surface area (TPSA) is 165 Å². The highest BCUT2D eigenvalue weighted by molar-refractivity contribution is 8.00. The molecule has 0 atom stereocenters. The predicted molar refractivity (Wildman–Crippen MR) is 113 cm³/mol. The molecule has 0 aliphatic heterocycles. The van der Waals surface area contributed by atoms with E-state index in [-0.39, 0.29) is 44.0 Å². The summed E-state index contributed by atoms with van der Waals surface area (Å²) in [5.74, 6) is -0.781. The lowest BCUT2D eigenvalue weighted by atomic mass is 10.0. The lowest BCUT2D eigenvalue weighted by Gasteiger charge is -2.10. The minimum atomic E-state index is -0.799. The van der Waals surface area contributed by atoms with Gasteiger partial charge in [-0.05, 0) is 23.5 Å². The number of rotatable bonds is 5. The Balaban J connectivity index is 1.95. The molecule has 0 fully saturated rings. The fourth-order valence-corrected chi connectivity index (χ4v) is 3.91. The maximum Gasteiger partial charge on any atom is 0.435 e. The zero-order valence-corrected chi connectivity index (χ0v) is 18.0. The van der Waals surface area contributed by atoms with Gasteiger partial charge in [0.2, 0.25) is 5.91 Å². The maximum absolute atomic E-state index is 12.4. The van der Waals surface area contributed by atoms with Crippen LogP contribution in [-0.4, -0.2) is 21.9 Å². The molecule has 10 nitrogen and oxygen atoms in total. The number of hydrogen-bond acceptors (Lipinski definition) is 8. The van der Waals surface area contributed by atoms with Crippen molar-refractivity contribution in [2.45, 2.75) is 5.03 Å². The van der Waals surface area contributed by atoms with E-state index in [1.54, 1.807) is 12.1 Å². The number of benzene rings is 1. The lowest BCUT2D eigenvalue weighted by Crippen LogP contribution is -2.34. The zero-order valence-electron chi connectivity index (χ0n) is 15.7. The van der Waals surface area contributed by atoms with Gasteiger partial charge in [-0.2, -0.15) is 10.5 Å². The first-order valence-electron chi connectivity index (χ1n) is 8.36. The number of aromatic amines is 1. The van der Waals surface area contributed by atoms with Crippen LogP contribution in [0.15, 0.2) is 32.5 Å². The number of nitriles is 2. The number of H-pyrrole nitrogens is 1. The monoisotopic (exact) mass is 476 g/mol. The van der Waals surface area contributed by atoms with Crippen LogP contribution in [0.2, 0.25) is 10.0 Å². The number of nitrogen functional groups attached to an aromatic ring is 1. The summed E-state index contributed by atoms with van der Waals surface area (Å²) in [6.07, 6.45) is 0. The number of amides is 1. The quantitative estimate of drug-likeness (QED) is 0.372. The Morgan fingerprint density at radius 1 is 1.35 bits per heavy atom. The van der Waals surface area contributed by atoms with Crippen molar-refractivity contribution in [2.75, 3.05) is 16.8 Å². The Bertz CT molecular complexity index is 1340. The molecule has 31 heavy (non-hydrogen) atoms. The molecule has 2 aromatic heterocycles. The Kier molecular flexibility index (Phi) is 6.51. The van der Waals surface area contributed by atoms with E-state index in [4.69, 9.17) is 33.5 Å². The first-order valence-corrected chi connectivity index (χ1v) is 10.1. The Morgan fingerprint density at radius 2 is 2.06 bits per heavy atom. The second-order valence-corrected chi connectivity index (χ2v) is 7.81. The molecule has 3 rings (SSSR count). The molecule has 1 amide bonds. The minimum absolute atomic E-state index is 0.0290. The van der Waals surface area contributed by atoms with Gasteiger partial charge < -0.3 is 11.1 Å². The van der Waals surface area contributed by atoms with Crippen LogP contribution in [0.25, 0.3) is 11.3 Å². The average Bonchev–Trinajstić information content (AvgIpc) is 3.05. The largest absolute Gasteiger partial charge is 0.435 e. The number of aryl methyl sites for hydroxylation is 1. The highest BCUT2D eigenvalue weighted by Gasteiger charge is 2.31. The average molecular weight is 477 g/mol. The predicted octanol–water partition coefficient (Wildman–Crippen LogP) is 2.22. The van der Waals surface area contributed by atoms with Crippen LogP contribution in [-0.2, 0) is 11.8 Å². The molecule has 0 radical (unpaired) electrons. The minimum Gasteiger partial charge on any atom is -0.383 e. The van der Waals surface area contributed by atoms with Crippen molar-refractivity contribution in [3.63, 3.8) is 0 Å². The van der Waals surface area contributed by atoms with Crippen LogP contribution in [0.1, 0.15) is 11.1 Å². The van der Waals surface area contributed by atoms with Gasteiger partial charge in [-0.15, -0.1) is 0 Å². The number of carbonyl (C=O) groups is 1. The van der Waals surface area contributed by atoms with Crippen LogP contribution in [0, 0.1) is 22.7 Å². The van der Waals surface area contributed by atoms with Gasteiger partial charge in [0.25, 0.3) is 0 Å². The molecule has 13 heteroatoms. The first kappa shape index (κ1) is 22.2. The number of aromatic nitrogens is 3. The van der Waals surface area contributed by atoms with E-state index in [2.05, 4.69) is 15.6 Å². The number of hydrogen-bond donors (Lipinski definition) is 3. The van der Waals surface area contributed by atoms with Gasteiger partial charge in [0.15, 0.2) is 7.05 Å². The Hall–Kier alpha value is -3.51. The van der Waals surface area contributed by atoms with Crippen molar-refractivity contribution in [1.82, 2.24) is 10.3 Å². The normalized spacial score (nSPS) is 10.4. The third kappa shape index (κ3) is 4.49. The van der Waals surface area contributed by atoms with Crippen molar-refractivity contribution in [3.05, 3.63) is 49.8 Å². The maximum atomic E-state index is 12.4. The standard InChI is InChI=1S/C18H11Cl2N7O3S/c1-27-15(18(29)30-26-27)14-9(5-21)16(23)25-17(10(14)6-22)31-7-13(28)24-12-3-2-8(19)4-11(12)20/h2-4H,7H2,1H3,(H3-,23,24,25,26,28,29)/p+1. The third-order valence-corrected chi connectivity index (χ3v) is 5.52. The van der Waals surface area contributed by atoms with Gasteiger partial charge in [-0.1, -0.05) is 39.6 Å². The van der Waals surface area contributed by atoms with Gasteiger partial charge in [0.05, 0.1) is 22.0 Å². The van der Waals surface area contributed by atoms with Crippen LogP contribution in [0.3, 0.4) is 0 Å².